The average Bonchev–Trinajstić information content (AvgIpc) is 3.87. The number of morpholine rings is 1. The van der Waals surface area contributed by atoms with E-state index in [0.717, 1.165) is 54.9 Å². The van der Waals surface area contributed by atoms with Crippen molar-refractivity contribution in [2.24, 2.45) is 10.8 Å². The van der Waals surface area contributed by atoms with Crippen molar-refractivity contribution in [2.45, 2.75) is 91.4 Å². The maximum absolute atomic E-state index is 15.1. The van der Waals surface area contributed by atoms with E-state index in [1.54, 1.807) is 30.5 Å². The van der Waals surface area contributed by atoms with Crippen molar-refractivity contribution in [1.82, 2.24) is 20.5 Å². The number of imide groups is 2. The van der Waals surface area contributed by atoms with Crippen molar-refractivity contribution in [3.05, 3.63) is 58.5 Å². The van der Waals surface area contributed by atoms with E-state index in [0.29, 0.717) is 30.9 Å². The zero-order chi connectivity index (χ0) is 41.1. The molecular weight excluding hydrogens is 759 g/mol. The highest BCUT2D eigenvalue weighted by Gasteiger charge is 2.40. The molecule has 4 heterocycles. The van der Waals surface area contributed by atoms with E-state index in [2.05, 4.69) is 34.7 Å². The number of amides is 5. The molecular formula is C41H50F2N6O7S. The van der Waals surface area contributed by atoms with Crippen LogP contribution in [0.15, 0.2) is 35.7 Å². The number of hydrogen-bond donors (Lipinski definition) is 3. The number of carbonyl (C=O) groups excluding carboxylic acids is 5. The fraction of sp³-hybridized carbons (Fsp3) is 0.512. The normalized spacial score (nSPS) is 18.4. The van der Waals surface area contributed by atoms with Crippen LogP contribution in [-0.4, -0.2) is 91.0 Å². The third-order valence-electron chi connectivity index (χ3n) is 10.9. The van der Waals surface area contributed by atoms with Crippen LogP contribution in [0.4, 0.5) is 19.6 Å². The highest BCUT2D eigenvalue weighted by atomic mass is 32.1. The Bertz CT molecular complexity index is 2010. The van der Waals surface area contributed by atoms with E-state index in [4.69, 9.17) is 14.5 Å². The van der Waals surface area contributed by atoms with Gasteiger partial charge in [0.25, 0.3) is 17.7 Å². The number of carbonyl (C=O) groups is 5. The lowest BCUT2D eigenvalue weighted by Crippen LogP contribution is -2.42. The van der Waals surface area contributed by atoms with Gasteiger partial charge in [0.2, 0.25) is 18.1 Å². The highest BCUT2D eigenvalue weighted by Crippen LogP contribution is 2.39. The second-order valence-corrected chi connectivity index (χ2v) is 17.5. The SMILES string of the molecule is CC(CCC(=O)NC=O)N1C(=O)c2cccc(NCC(C)(C)CCC(C)(C)CNC(=O)COc3c(-c4csc(N5CC6CCC(C5)O6)n4)ccc(F)c3F)c2C1=O. The Balaban J connectivity index is 0.991. The maximum Gasteiger partial charge on any atom is 0.263 e. The lowest BCUT2D eigenvalue weighted by atomic mass is 9.79. The molecule has 2 fully saturated rings. The van der Waals surface area contributed by atoms with Gasteiger partial charge in [-0.15, -0.1) is 11.3 Å². The molecule has 0 radical (unpaired) electrons. The average molecular weight is 809 g/mol. The minimum atomic E-state index is -1.18. The lowest BCUT2D eigenvalue weighted by molar-refractivity contribution is -0.125. The molecule has 5 amide bonds. The summed E-state index contributed by atoms with van der Waals surface area (Å²) in [5.74, 6) is -4.47. The van der Waals surface area contributed by atoms with E-state index in [-0.39, 0.29) is 58.3 Å². The van der Waals surface area contributed by atoms with E-state index in [1.807, 2.05) is 13.8 Å². The molecule has 0 saturated carbocycles. The van der Waals surface area contributed by atoms with Gasteiger partial charge >= 0.3 is 0 Å². The van der Waals surface area contributed by atoms with Crippen LogP contribution >= 0.6 is 11.3 Å². The van der Waals surface area contributed by atoms with Gasteiger partial charge in [-0.1, -0.05) is 33.8 Å². The zero-order valence-corrected chi connectivity index (χ0v) is 33.7. The second kappa shape index (κ2) is 17.3. The first kappa shape index (κ1) is 41.7. The predicted molar refractivity (Wildman–Crippen MR) is 211 cm³/mol. The number of benzene rings is 2. The number of nitrogens with one attached hydrogen (secondary N) is 3. The van der Waals surface area contributed by atoms with Crippen molar-refractivity contribution in [2.75, 3.05) is 43.0 Å². The molecule has 3 aromatic rings. The van der Waals surface area contributed by atoms with Gasteiger partial charge in [-0.2, -0.15) is 4.39 Å². The van der Waals surface area contributed by atoms with Gasteiger partial charge in [-0.3, -0.25) is 34.2 Å². The fourth-order valence-electron chi connectivity index (χ4n) is 7.35. The number of anilines is 2. The molecule has 2 saturated heterocycles. The summed E-state index contributed by atoms with van der Waals surface area (Å²) in [6.07, 6.45) is 4.32. The highest BCUT2D eigenvalue weighted by molar-refractivity contribution is 7.14. The molecule has 3 unspecified atom stereocenters. The second-order valence-electron chi connectivity index (χ2n) is 16.6. The van der Waals surface area contributed by atoms with Crippen LogP contribution < -0.4 is 25.6 Å². The van der Waals surface area contributed by atoms with Gasteiger partial charge in [0.05, 0.1) is 29.0 Å². The van der Waals surface area contributed by atoms with Gasteiger partial charge in [0, 0.05) is 55.3 Å². The molecule has 13 nitrogen and oxygen atoms in total. The van der Waals surface area contributed by atoms with Crippen molar-refractivity contribution in [3.8, 4) is 17.0 Å². The third kappa shape index (κ3) is 9.78. The fourth-order valence-corrected chi connectivity index (χ4v) is 8.20. The Kier molecular flexibility index (Phi) is 12.6. The monoisotopic (exact) mass is 808 g/mol. The lowest BCUT2D eigenvalue weighted by Gasteiger charge is -2.32. The maximum atomic E-state index is 15.1. The smallest absolute Gasteiger partial charge is 0.263 e. The quantitative estimate of drug-likeness (QED) is 0.104. The molecule has 3 aliphatic rings. The van der Waals surface area contributed by atoms with Crippen LogP contribution in [0.3, 0.4) is 0 Å². The summed E-state index contributed by atoms with van der Waals surface area (Å²) >= 11 is 1.41. The number of aromatic nitrogens is 1. The zero-order valence-electron chi connectivity index (χ0n) is 32.9. The van der Waals surface area contributed by atoms with Crippen molar-refractivity contribution in [3.63, 3.8) is 0 Å². The van der Waals surface area contributed by atoms with Crippen molar-refractivity contribution >= 4 is 52.2 Å². The number of ether oxygens (including phenoxy) is 2. The van der Waals surface area contributed by atoms with Crippen LogP contribution in [-0.2, 0) is 19.1 Å². The van der Waals surface area contributed by atoms with Crippen LogP contribution in [0, 0.1) is 22.5 Å². The number of rotatable bonds is 18. The standard InChI is InChI=1S/C41H50F2N6O7S/c1-24(9-14-32(51)46-23-50)49-37(53)28-7-6-8-30(34(28)38(49)54)44-21-40(2,3)15-16-41(4,5)22-45-33(52)19-55-36-27(12-13-29(42)35(36)43)31-20-57-39(47-31)48-17-25-10-11-26(18-48)56-25/h6-8,12-13,20,23-26,44H,9-11,14-19,21-22H2,1-5H3,(H,45,52)(H,46,50,51). The molecule has 3 atom stereocenters. The van der Waals surface area contributed by atoms with Crippen LogP contribution in [0.2, 0.25) is 0 Å². The first-order valence-electron chi connectivity index (χ1n) is 19.3. The van der Waals surface area contributed by atoms with Gasteiger partial charge in [-0.05, 0) is 74.1 Å². The Morgan fingerprint density at radius 3 is 2.40 bits per heavy atom. The first-order chi connectivity index (χ1) is 27.1. The van der Waals surface area contributed by atoms with E-state index in [9.17, 15) is 28.4 Å². The van der Waals surface area contributed by atoms with Crippen LogP contribution in [0.1, 0.15) is 93.9 Å². The summed E-state index contributed by atoms with van der Waals surface area (Å²) in [4.78, 5) is 70.0. The molecule has 6 rings (SSSR count). The Hall–Kier alpha value is -4.96. The Labute approximate surface area is 334 Å². The van der Waals surface area contributed by atoms with Gasteiger partial charge in [-0.25, -0.2) is 9.37 Å². The van der Waals surface area contributed by atoms with Crippen LogP contribution in [0.25, 0.3) is 11.3 Å². The van der Waals surface area contributed by atoms with E-state index >= 15 is 4.39 Å². The van der Waals surface area contributed by atoms with E-state index in [1.165, 1.54) is 17.4 Å². The van der Waals surface area contributed by atoms with Crippen LogP contribution in [0.5, 0.6) is 5.75 Å². The molecule has 3 N–H and O–H groups in total. The molecule has 3 aliphatic heterocycles. The molecule has 57 heavy (non-hydrogen) atoms. The summed E-state index contributed by atoms with van der Waals surface area (Å²) in [6, 6.07) is 6.97. The molecule has 1 aromatic heterocycles. The van der Waals surface area contributed by atoms with Gasteiger partial charge < -0.3 is 25.0 Å². The minimum absolute atomic E-state index is 0.0124. The summed E-state index contributed by atoms with van der Waals surface area (Å²) in [7, 11) is 0. The molecule has 2 bridgehead atoms. The molecule has 0 aliphatic carbocycles. The molecule has 2 aromatic carbocycles. The van der Waals surface area contributed by atoms with Gasteiger partial charge in [0.1, 0.15) is 0 Å². The number of fused-ring (bicyclic) bond motifs is 3. The topological polar surface area (TPSA) is 159 Å². The first-order valence-corrected chi connectivity index (χ1v) is 20.2. The van der Waals surface area contributed by atoms with Crippen molar-refractivity contribution in [1.29, 1.82) is 0 Å². The van der Waals surface area contributed by atoms with Crippen molar-refractivity contribution < 1.29 is 42.2 Å². The number of hydrogen-bond acceptors (Lipinski definition) is 11. The Morgan fingerprint density at radius 1 is 1.00 bits per heavy atom. The Morgan fingerprint density at radius 2 is 1.70 bits per heavy atom. The third-order valence-corrected chi connectivity index (χ3v) is 11.8. The predicted octanol–water partition coefficient (Wildman–Crippen LogP) is 5.93. The van der Waals surface area contributed by atoms with Gasteiger partial charge in [0.15, 0.2) is 23.3 Å². The summed E-state index contributed by atoms with van der Waals surface area (Å²) in [5.41, 5.74) is 1.21. The summed E-state index contributed by atoms with van der Waals surface area (Å²) in [5, 5.41) is 10.9. The summed E-state index contributed by atoms with van der Waals surface area (Å²) in [6.45, 7) is 11.6. The van der Waals surface area contributed by atoms with E-state index < -0.39 is 47.9 Å². The largest absolute Gasteiger partial charge is 0.480 e. The number of halogens is 2. The number of nitrogens with zero attached hydrogens (tertiary/aromatic N) is 3. The molecule has 306 valence electrons. The number of thiazole rings is 1. The molecule has 16 heteroatoms. The summed E-state index contributed by atoms with van der Waals surface area (Å²) < 4.78 is 41.1. The molecule has 0 spiro atoms. The minimum Gasteiger partial charge on any atom is -0.480 e.